The summed E-state index contributed by atoms with van der Waals surface area (Å²) in [5.41, 5.74) is 0.909. The van der Waals surface area contributed by atoms with Crippen molar-refractivity contribution in [3.8, 4) is 0 Å². The maximum absolute atomic E-state index is 11.7. The van der Waals surface area contributed by atoms with Crippen LogP contribution in [-0.2, 0) is 5.41 Å². The molecule has 21 heavy (non-hydrogen) atoms. The van der Waals surface area contributed by atoms with E-state index in [4.69, 9.17) is 4.52 Å². The van der Waals surface area contributed by atoms with E-state index in [9.17, 15) is 4.79 Å². The van der Waals surface area contributed by atoms with Crippen LogP contribution >= 0.6 is 11.5 Å². The van der Waals surface area contributed by atoms with Gasteiger partial charge in [0.25, 0.3) is 0 Å². The Bertz CT molecular complexity index is 867. The Morgan fingerprint density at radius 1 is 1.24 bits per heavy atom. The lowest BCUT2D eigenvalue weighted by Gasteiger charge is -2.14. The zero-order chi connectivity index (χ0) is 15.0. The van der Waals surface area contributed by atoms with Crippen molar-refractivity contribution >= 4 is 33.1 Å². The fraction of sp³-hybridized carbons (Fsp3) is 0.286. The van der Waals surface area contributed by atoms with Gasteiger partial charge in [-0.1, -0.05) is 32.9 Å². The minimum absolute atomic E-state index is 0.208. The maximum atomic E-state index is 11.7. The maximum Gasteiger partial charge on any atom is 0.384 e. The summed E-state index contributed by atoms with van der Waals surface area (Å²) in [6.45, 7) is 5.90. The number of nitrogens with one attached hydrogen (secondary N) is 1. The summed E-state index contributed by atoms with van der Waals surface area (Å²) in [5, 5.41) is 12.5. The van der Waals surface area contributed by atoms with Crippen LogP contribution in [0.4, 0.5) is 10.7 Å². The van der Waals surface area contributed by atoms with Crippen LogP contribution in [-0.4, -0.2) is 9.53 Å². The van der Waals surface area contributed by atoms with Gasteiger partial charge in [0.1, 0.15) is 0 Å². The lowest BCUT2D eigenvalue weighted by atomic mass is 9.91. The highest BCUT2D eigenvalue weighted by Gasteiger charge is 2.24. The number of nitrogens with zero attached hydrogens (tertiary/aromatic N) is 3. The molecular formula is C14H14N4O2S. The number of aromatic nitrogens is 2. The molecule has 0 amide bonds. The fourth-order valence-electron chi connectivity index (χ4n) is 1.94. The van der Waals surface area contributed by atoms with E-state index in [1.165, 1.54) is 11.5 Å². The fourth-order valence-corrected chi connectivity index (χ4v) is 2.63. The van der Waals surface area contributed by atoms with Crippen molar-refractivity contribution in [2.75, 3.05) is 0 Å². The predicted molar refractivity (Wildman–Crippen MR) is 81.8 cm³/mol. The predicted octanol–water partition coefficient (Wildman–Crippen LogP) is 4.29. The van der Waals surface area contributed by atoms with E-state index >= 15 is 0 Å². The Morgan fingerprint density at radius 3 is 2.76 bits per heavy atom. The number of benzene rings is 1. The molecule has 0 radical (unpaired) electrons. The summed E-state index contributed by atoms with van der Waals surface area (Å²) in [7, 11) is 0. The molecule has 1 aromatic carbocycles. The third kappa shape index (κ3) is 2.52. The van der Waals surface area contributed by atoms with Crippen LogP contribution in [0.3, 0.4) is 0 Å². The van der Waals surface area contributed by atoms with Crippen LogP contribution in [0.15, 0.2) is 43.8 Å². The van der Waals surface area contributed by atoms with E-state index in [-0.39, 0.29) is 11.1 Å². The number of hydrogen-bond acceptors (Lipinski definition) is 6. The van der Waals surface area contributed by atoms with E-state index < -0.39 is 5.63 Å². The van der Waals surface area contributed by atoms with Gasteiger partial charge < -0.3 is 4.52 Å². The van der Waals surface area contributed by atoms with E-state index in [0.717, 1.165) is 10.9 Å². The van der Waals surface area contributed by atoms with Crippen LogP contribution in [0.2, 0.25) is 0 Å². The smallest absolute Gasteiger partial charge is 0.336 e. The Kier molecular flexibility index (Phi) is 3.21. The highest BCUT2D eigenvalue weighted by atomic mass is 32.1. The van der Waals surface area contributed by atoms with Crippen molar-refractivity contribution in [1.29, 1.82) is 0 Å². The zero-order valence-corrected chi connectivity index (χ0v) is 12.7. The van der Waals surface area contributed by atoms with Gasteiger partial charge in [0, 0.05) is 10.8 Å². The van der Waals surface area contributed by atoms with Gasteiger partial charge in [0.2, 0.25) is 0 Å². The molecule has 0 saturated heterocycles. The third-order valence-corrected chi connectivity index (χ3v) is 3.79. The van der Waals surface area contributed by atoms with Gasteiger partial charge >= 0.3 is 5.63 Å². The molecule has 3 aromatic rings. The summed E-state index contributed by atoms with van der Waals surface area (Å²) in [6.07, 6.45) is 0. The molecule has 2 aromatic heterocycles. The average Bonchev–Trinajstić information content (AvgIpc) is 3.00. The van der Waals surface area contributed by atoms with E-state index in [0.29, 0.717) is 10.7 Å². The van der Waals surface area contributed by atoms with Crippen LogP contribution in [0, 0.1) is 0 Å². The topological polar surface area (TPSA) is 83.6 Å². The summed E-state index contributed by atoms with van der Waals surface area (Å²) in [4.78, 5) is 11.7. The van der Waals surface area contributed by atoms with Crippen LogP contribution in [0.5, 0.6) is 0 Å². The molecule has 0 bridgehead atoms. The Labute approximate surface area is 124 Å². The van der Waals surface area contributed by atoms with Crippen molar-refractivity contribution in [1.82, 2.24) is 9.53 Å². The number of aromatic amines is 1. The van der Waals surface area contributed by atoms with Gasteiger partial charge in [-0.15, -0.1) is 10.2 Å². The van der Waals surface area contributed by atoms with Gasteiger partial charge in [-0.05, 0) is 23.7 Å². The third-order valence-electron chi connectivity index (χ3n) is 3.03. The van der Waals surface area contributed by atoms with Gasteiger partial charge in [-0.3, -0.25) is 0 Å². The molecule has 0 spiro atoms. The first-order valence-electron chi connectivity index (χ1n) is 6.45. The number of H-pyrrole nitrogens is 1. The Hall–Kier alpha value is -2.28. The quantitative estimate of drug-likeness (QED) is 0.717. The molecule has 6 nitrogen and oxygen atoms in total. The summed E-state index contributed by atoms with van der Waals surface area (Å²) >= 11 is 1.25. The summed E-state index contributed by atoms with van der Waals surface area (Å²) in [6, 6.07) is 7.68. The molecular weight excluding hydrogens is 288 g/mol. The minimum atomic E-state index is -0.516. The molecule has 2 heterocycles. The second-order valence-electron chi connectivity index (χ2n) is 5.67. The van der Waals surface area contributed by atoms with E-state index in [1.807, 2.05) is 45.0 Å². The number of azo groups is 1. The number of fused-ring (bicyclic) bond motifs is 1. The molecule has 0 fully saturated rings. The van der Waals surface area contributed by atoms with Crippen molar-refractivity contribution in [2.45, 2.75) is 26.2 Å². The lowest BCUT2D eigenvalue weighted by Crippen LogP contribution is -2.12. The molecule has 0 atom stereocenters. The molecule has 0 aliphatic rings. The average molecular weight is 302 g/mol. The van der Waals surface area contributed by atoms with Crippen molar-refractivity contribution < 1.29 is 4.52 Å². The molecule has 0 unspecified atom stereocenters. The normalized spacial score (nSPS) is 12.5. The molecule has 7 heteroatoms. The van der Waals surface area contributed by atoms with Crippen LogP contribution < -0.4 is 5.63 Å². The van der Waals surface area contributed by atoms with Crippen LogP contribution in [0.25, 0.3) is 10.9 Å². The second-order valence-corrected chi connectivity index (χ2v) is 6.42. The monoisotopic (exact) mass is 302 g/mol. The van der Waals surface area contributed by atoms with E-state index in [1.54, 1.807) is 0 Å². The van der Waals surface area contributed by atoms with Crippen molar-refractivity contribution in [2.24, 2.45) is 10.2 Å². The number of hydrogen-bond donors (Lipinski definition) is 1. The van der Waals surface area contributed by atoms with Crippen LogP contribution in [0.1, 0.15) is 26.5 Å². The highest BCUT2D eigenvalue weighted by molar-refractivity contribution is 7.11. The Morgan fingerprint density at radius 2 is 2.00 bits per heavy atom. The van der Waals surface area contributed by atoms with Gasteiger partial charge in [0.15, 0.2) is 10.7 Å². The molecule has 3 rings (SSSR count). The summed E-state index contributed by atoms with van der Waals surface area (Å²) in [5.74, 6) is 0. The molecule has 0 aliphatic carbocycles. The zero-order valence-electron chi connectivity index (χ0n) is 11.9. The standard InChI is InChI=1S/C14H14N4O2S/c1-14(2,3)11-10(13(19)20-17-11)15-16-12-8-6-4-5-7-9(8)18-21-12/h4-7,17H,1-3H3. The molecule has 108 valence electrons. The highest BCUT2D eigenvalue weighted by Crippen LogP contribution is 2.33. The largest absolute Gasteiger partial charge is 0.384 e. The SMILES string of the molecule is CC(C)(C)c1[nH]oc(=O)c1N=Nc1snc2ccccc12. The molecule has 0 saturated carbocycles. The summed E-state index contributed by atoms with van der Waals surface area (Å²) < 4.78 is 9.12. The Balaban J connectivity index is 2.05. The van der Waals surface area contributed by atoms with Gasteiger partial charge in [-0.2, -0.15) is 4.37 Å². The van der Waals surface area contributed by atoms with Crippen molar-refractivity contribution in [3.05, 3.63) is 40.4 Å². The second kappa shape index (κ2) is 4.92. The first kappa shape index (κ1) is 13.7. The molecule has 0 aliphatic heterocycles. The number of rotatable bonds is 2. The van der Waals surface area contributed by atoms with Crippen molar-refractivity contribution in [3.63, 3.8) is 0 Å². The first-order chi connectivity index (χ1) is 9.97. The first-order valence-corrected chi connectivity index (χ1v) is 7.22. The van der Waals surface area contributed by atoms with Gasteiger partial charge in [-0.25, -0.2) is 9.95 Å². The van der Waals surface area contributed by atoms with E-state index in [2.05, 4.69) is 19.8 Å². The lowest BCUT2D eigenvalue weighted by molar-refractivity contribution is 0.370. The van der Waals surface area contributed by atoms with Gasteiger partial charge in [0.05, 0.1) is 11.2 Å². The minimum Gasteiger partial charge on any atom is -0.336 e. The molecule has 1 N–H and O–H groups in total.